The number of rotatable bonds is 3. The molecule has 0 aromatic heterocycles. The molecule has 76 valence electrons. The zero-order valence-electron chi connectivity index (χ0n) is 7.88. The lowest BCUT2D eigenvalue weighted by molar-refractivity contribution is -0.146. The van der Waals surface area contributed by atoms with Gasteiger partial charge in [-0.25, -0.2) is 4.84 Å². The van der Waals surface area contributed by atoms with E-state index in [1.165, 1.54) is 7.11 Å². The highest BCUT2D eigenvalue weighted by Gasteiger charge is 2.26. The molecule has 0 heterocycles. The molecule has 0 unspecified atom stereocenters. The molecule has 0 spiro atoms. The fraction of sp³-hybridized carbons (Fsp3) is 0.889. The van der Waals surface area contributed by atoms with Crippen molar-refractivity contribution in [1.82, 2.24) is 4.84 Å². The molecule has 0 atom stereocenters. The average molecular weight is 206 g/mol. The Bertz CT molecular complexity index is 167. The average Bonchev–Trinajstić information content (AvgIpc) is 2.18. The summed E-state index contributed by atoms with van der Waals surface area (Å²) in [7, 11) is 1.45. The number of hydrogen-bond donors (Lipinski definition) is 1. The van der Waals surface area contributed by atoms with E-state index in [-0.39, 0.29) is 11.9 Å². The Morgan fingerprint density at radius 2 is 2.08 bits per heavy atom. The van der Waals surface area contributed by atoms with Crippen molar-refractivity contribution >= 4 is 17.7 Å². The molecule has 1 N–H and O–H groups in total. The van der Waals surface area contributed by atoms with Crippen LogP contribution in [0.5, 0.6) is 0 Å². The molecule has 0 bridgehead atoms. The van der Waals surface area contributed by atoms with E-state index in [2.05, 4.69) is 4.84 Å². The summed E-state index contributed by atoms with van der Waals surface area (Å²) in [5.74, 6) is 0.687. The Morgan fingerprint density at radius 1 is 1.46 bits per heavy atom. The second-order valence-electron chi connectivity index (χ2n) is 3.58. The van der Waals surface area contributed by atoms with Crippen LogP contribution in [-0.4, -0.2) is 19.6 Å². The highest BCUT2D eigenvalue weighted by molar-refractivity contribution is 6.13. The van der Waals surface area contributed by atoms with E-state index in [0.29, 0.717) is 5.92 Å². The number of nitrogens with one attached hydrogen (secondary N) is 1. The second kappa shape index (κ2) is 5.45. The van der Waals surface area contributed by atoms with Crippen LogP contribution in [0.1, 0.15) is 25.7 Å². The summed E-state index contributed by atoms with van der Waals surface area (Å²) in [4.78, 5) is 13.8. The molecule has 0 radical (unpaired) electrons. The monoisotopic (exact) mass is 205 g/mol. The van der Waals surface area contributed by atoms with E-state index < -0.39 is 0 Å². The van der Waals surface area contributed by atoms with Gasteiger partial charge in [0.2, 0.25) is 0 Å². The normalized spacial score (nSPS) is 28.5. The standard InChI is InChI=1S/C9H16ClNO2/c1-13-9(12)8-4-2-7(3-5-8)6-11-10/h7-8,11H,2-6H2,1H3. The number of hydrogen-bond acceptors (Lipinski definition) is 3. The largest absolute Gasteiger partial charge is 0.469 e. The van der Waals surface area contributed by atoms with Gasteiger partial charge in [0, 0.05) is 6.54 Å². The first-order valence-corrected chi connectivity index (χ1v) is 5.07. The van der Waals surface area contributed by atoms with Gasteiger partial charge >= 0.3 is 5.97 Å². The zero-order valence-corrected chi connectivity index (χ0v) is 8.64. The summed E-state index contributed by atoms with van der Waals surface area (Å²) < 4.78 is 4.70. The Kier molecular flexibility index (Phi) is 4.53. The van der Waals surface area contributed by atoms with Crippen molar-refractivity contribution in [2.24, 2.45) is 11.8 Å². The predicted octanol–water partition coefficient (Wildman–Crippen LogP) is 1.71. The van der Waals surface area contributed by atoms with Crippen molar-refractivity contribution in [3.8, 4) is 0 Å². The van der Waals surface area contributed by atoms with Crippen molar-refractivity contribution in [1.29, 1.82) is 0 Å². The third-order valence-corrected chi connectivity index (χ3v) is 2.90. The molecule has 0 aliphatic heterocycles. The van der Waals surface area contributed by atoms with Crippen LogP contribution in [0, 0.1) is 11.8 Å². The van der Waals surface area contributed by atoms with Crippen LogP contribution in [0.4, 0.5) is 0 Å². The SMILES string of the molecule is COC(=O)C1CCC(CNCl)CC1. The van der Waals surface area contributed by atoms with Crippen LogP contribution in [0.2, 0.25) is 0 Å². The number of methoxy groups -OCH3 is 1. The van der Waals surface area contributed by atoms with Gasteiger partial charge in [-0.3, -0.25) is 4.79 Å². The quantitative estimate of drug-likeness (QED) is 0.563. The summed E-state index contributed by atoms with van der Waals surface area (Å²) in [5, 5.41) is 0. The summed E-state index contributed by atoms with van der Waals surface area (Å²) in [6, 6.07) is 0. The predicted molar refractivity (Wildman–Crippen MR) is 51.3 cm³/mol. The fourth-order valence-corrected chi connectivity index (χ4v) is 2.10. The molecule has 1 saturated carbocycles. The number of carbonyl (C=O) groups is 1. The summed E-state index contributed by atoms with van der Waals surface area (Å²) in [6.07, 6.45) is 4.02. The van der Waals surface area contributed by atoms with Gasteiger partial charge < -0.3 is 4.74 Å². The van der Waals surface area contributed by atoms with E-state index in [0.717, 1.165) is 32.2 Å². The van der Waals surface area contributed by atoms with E-state index >= 15 is 0 Å². The number of carbonyl (C=O) groups excluding carboxylic acids is 1. The van der Waals surface area contributed by atoms with E-state index in [4.69, 9.17) is 16.5 Å². The number of esters is 1. The van der Waals surface area contributed by atoms with Gasteiger partial charge in [0.25, 0.3) is 0 Å². The van der Waals surface area contributed by atoms with E-state index in [9.17, 15) is 4.79 Å². The summed E-state index contributed by atoms with van der Waals surface area (Å²) >= 11 is 5.42. The van der Waals surface area contributed by atoms with Gasteiger partial charge in [-0.2, -0.15) is 0 Å². The molecule has 0 saturated heterocycles. The summed E-state index contributed by atoms with van der Waals surface area (Å²) in [6.45, 7) is 0.843. The molecular formula is C9H16ClNO2. The Hall–Kier alpha value is -0.280. The van der Waals surface area contributed by atoms with Gasteiger partial charge in [-0.05, 0) is 43.4 Å². The van der Waals surface area contributed by atoms with E-state index in [1.54, 1.807) is 0 Å². The smallest absolute Gasteiger partial charge is 0.308 e. The van der Waals surface area contributed by atoms with Crippen LogP contribution >= 0.6 is 11.8 Å². The third kappa shape index (κ3) is 3.16. The maximum absolute atomic E-state index is 11.2. The number of halogens is 1. The molecule has 0 aromatic rings. The van der Waals surface area contributed by atoms with Crippen LogP contribution in [-0.2, 0) is 9.53 Å². The summed E-state index contributed by atoms with van der Waals surface area (Å²) in [5.41, 5.74) is 0. The molecule has 1 fully saturated rings. The molecule has 13 heavy (non-hydrogen) atoms. The minimum Gasteiger partial charge on any atom is -0.469 e. The van der Waals surface area contributed by atoms with Gasteiger partial charge in [0.05, 0.1) is 13.0 Å². The van der Waals surface area contributed by atoms with Gasteiger partial charge in [0.1, 0.15) is 0 Å². The van der Waals surface area contributed by atoms with Crippen molar-refractivity contribution in [3.63, 3.8) is 0 Å². The van der Waals surface area contributed by atoms with Gasteiger partial charge in [-0.1, -0.05) is 0 Å². The number of ether oxygens (including phenoxy) is 1. The fourth-order valence-electron chi connectivity index (χ4n) is 1.88. The van der Waals surface area contributed by atoms with Crippen LogP contribution in [0.15, 0.2) is 0 Å². The van der Waals surface area contributed by atoms with Crippen molar-refractivity contribution in [3.05, 3.63) is 0 Å². The molecular weight excluding hydrogens is 190 g/mol. The van der Waals surface area contributed by atoms with Crippen molar-refractivity contribution in [2.75, 3.05) is 13.7 Å². The highest BCUT2D eigenvalue weighted by Crippen LogP contribution is 2.28. The maximum atomic E-state index is 11.2. The van der Waals surface area contributed by atoms with Gasteiger partial charge in [0.15, 0.2) is 0 Å². The van der Waals surface area contributed by atoms with Crippen molar-refractivity contribution in [2.45, 2.75) is 25.7 Å². The molecule has 0 amide bonds. The molecule has 0 aromatic carbocycles. The Labute approximate surface area is 83.9 Å². The first-order chi connectivity index (χ1) is 6.27. The lowest BCUT2D eigenvalue weighted by atomic mass is 9.82. The van der Waals surface area contributed by atoms with Crippen molar-refractivity contribution < 1.29 is 9.53 Å². The first-order valence-electron chi connectivity index (χ1n) is 4.69. The zero-order chi connectivity index (χ0) is 9.68. The highest BCUT2D eigenvalue weighted by atomic mass is 35.5. The van der Waals surface area contributed by atoms with Crippen LogP contribution in [0.3, 0.4) is 0 Å². The lowest BCUT2D eigenvalue weighted by Crippen LogP contribution is -2.26. The molecule has 1 rings (SSSR count). The minimum atomic E-state index is -0.0581. The Balaban J connectivity index is 2.26. The first kappa shape index (κ1) is 10.8. The molecule has 3 nitrogen and oxygen atoms in total. The molecule has 1 aliphatic rings. The molecule has 4 heteroatoms. The second-order valence-corrected chi connectivity index (χ2v) is 3.85. The maximum Gasteiger partial charge on any atom is 0.308 e. The minimum absolute atomic E-state index is 0.0581. The van der Waals surface area contributed by atoms with E-state index in [1.807, 2.05) is 0 Å². The Morgan fingerprint density at radius 3 is 2.54 bits per heavy atom. The van der Waals surface area contributed by atoms with Gasteiger partial charge in [-0.15, -0.1) is 0 Å². The van der Waals surface area contributed by atoms with Crippen LogP contribution < -0.4 is 4.84 Å². The van der Waals surface area contributed by atoms with Crippen LogP contribution in [0.25, 0.3) is 0 Å². The third-order valence-electron chi connectivity index (χ3n) is 2.75. The lowest BCUT2D eigenvalue weighted by Gasteiger charge is -2.26. The topological polar surface area (TPSA) is 38.3 Å². The molecule has 1 aliphatic carbocycles.